The van der Waals surface area contributed by atoms with Crippen molar-refractivity contribution in [3.05, 3.63) is 34.9 Å². The third kappa shape index (κ3) is 3.70. The summed E-state index contributed by atoms with van der Waals surface area (Å²) in [6.07, 6.45) is 3.79. The fourth-order valence-corrected chi connectivity index (χ4v) is 2.91. The monoisotopic (exact) mass is 320 g/mol. The highest BCUT2D eigenvalue weighted by atomic mass is 16.7. The summed E-state index contributed by atoms with van der Waals surface area (Å²) < 4.78 is 22.5. The van der Waals surface area contributed by atoms with E-state index < -0.39 is 0 Å². The van der Waals surface area contributed by atoms with E-state index in [-0.39, 0.29) is 12.4 Å². The predicted octanol–water partition coefficient (Wildman–Crippen LogP) is 3.88. The van der Waals surface area contributed by atoms with E-state index in [2.05, 4.69) is 34.3 Å². The average molecular weight is 320 g/mol. The standard InChI is InChI=1S/C19H28O4/c1-7-19(5)9-8-16-15(4)17(22-12-21-11-10-20-6)13(2)14(3)18(16)23-19/h7H,1,8-12H2,2-6H3. The van der Waals surface area contributed by atoms with Crippen molar-refractivity contribution in [3.8, 4) is 11.5 Å². The quantitative estimate of drug-likeness (QED) is 0.434. The molecule has 1 aromatic rings. The van der Waals surface area contributed by atoms with Gasteiger partial charge in [0.05, 0.1) is 13.2 Å². The summed E-state index contributed by atoms with van der Waals surface area (Å²) >= 11 is 0. The zero-order valence-corrected chi connectivity index (χ0v) is 15.0. The Bertz CT molecular complexity index is 579. The molecule has 1 atom stereocenters. The van der Waals surface area contributed by atoms with Gasteiger partial charge in [0.1, 0.15) is 17.1 Å². The minimum Gasteiger partial charge on any atom is -0.483 e. The number of hydrogen-bond donors (Lipinski definition) is 0. The molecule has 128 valence electrons. The van der Waals surface area contributed by atoms with Crippen LogP contribution in [0.5, 0.6) is 11.5 Å². The topological polar surface area (TPSA) is 36.9 Å². The summed E-state index contributed by atoms with van der Waals surface area (Å²) in [5.74, 6) is 1.89. The fraction of sp³-hybridized carbons (Fsp3) is 0.579. The SMILES string of the molecule is C=CC1(C)CCc2c(C)c(OCOCCOC)c(C)c(C)c2O1. The normalized spacial score (nSPS) is 19.9. The van der Waals surface area contributed by atoms with Gasteiger partial charge in [-0.2, -0.15) is 0 Å². The molecule has 0 spiro atoms. The Balaban J connectivity index is 2.23. The second-order valence-corrected chi connectivity index (χ2v) is 6.29. The maximum atomic E-state index is 6.25. The van der Waals surface area contributed by atoms with Gasteiger partial charge in [0.25, 0.3) is 0 Å². The molecule has 2 rings (SSSR count). The molecule has 1 unspecified atom stereocenters. The lowest BCUT2D eigenvalue weighted by atomic mass is 9.87. The zero-order valence-electron chi connectivity index (χ0n) is 15.0. The maximum absolute atomic E-state index is 6.25. The molecule has 4 nitrogen and oxygen atoms in total. The summed E-state index contributed by atoms with van der Waals surface area (Å²) in [7, 11) is 1.66. The Morgan fingerprint density at radius 1 is 1.17 bits per heavy atom. The summed E-state index contributed by atoms with van der Waals surface area (Å²) in [5.41, 5.74) is 4.32. The van der Waals surface area contributed by atoms with E-state index >= 15 is 0 Å². The highest BCUT2D eigenvalue weighted by Crippen LogP contribution is 2.43. The molecular formula is C19H28O4. The molecule has 1 aliphatic rings. The summed E-state index contributed by atoms with van der Waals surface area (Å²) in [6, 6.07) is 0. The van der Waals surface area contributed by atoms with Crippen molar-refractivity contribution in [3.63, 3.8) is 0 Å². The largest absolute Gasteiger partial charge is 0.483 e. The van der Waals surface area contributed by atoms with Gasteiger partial charge in [-0.15, -0.1) is 0 Å². The molecule has 0 N–H and O–H groups in total. The van der Waals surface area contributed by atoms with Crippen LogP contribution in [0.25, 0.3) is 0 Å². The minimum atomic E-state index is -0.289. The predicted molar refractivity (Wildman–Crippen MR) is 91.5 cm³/mol. The van der Waals surface area contributed by atoms with Gasteiger partial charge >= 0.3 is 0 Å². The van der Waals surface area contributed by atoms with E-state index in [1.54, 1.807) is 7.11 Å². The number of benzene rings is 1. The van der Waals surface area contributed by atoms with E-state index in [1.807, 2.05) is 6.08 Å². The van der Waals surface area contributed by atoms with Crippen molar-refractivity contribution < 1.29 is 18.9 Å². The number of fused-ring (bicyclic) bond motifs is 1. The van der Waals surface area contributed by atoms with Crippen molar-refractivity contribution in [2.24, 2.45) is 0 Å². The summed E-state index contributed by atoms with van der Waals surface area (Å²) in [6.45, 7) is 13.6. The van der Waals surface area contributed by atoms with Crippen LogP contribution in [0, 0.1) is 20.8 Å². The lowest BCUT2D eigenvalue weighted by Crippen LogP contribution is -2.34. The number of ether oxygens (including phenoxy) is 4. The lowest BCUT2D eigenvalue weighted by molar-refractivity contribution is -0.00924. The van der Waals surface area contributed by atoms with Crippen LogP contribution in [0.15, 0.2) is 12.7 Å². The van der Waals surface area contributed by atoms with E-state index in [4.69, 9.17) is 18.9 Å². The first-order valence-corrected chi connectivity index (χ1v) is 8.08. The van der Waals surface area contributed by atoms with E-state index in [0.29, 0.717) is 13.2 Å². The average Bonchev–Trinajstić information content (AvgIpc) is 2.55. The van der Waals surface area contributed by atoms with E-state index in [1.165, 1.54) is 5.56 Å². The van der Waals surface area contributed by atoms with Crippen LogP contribution < -0.4 is 9.47 Å². The van der Waals surface area contributed by atoms with Crippen molar-refractivity contribution in [2.45, 2.75) is 46.1 Å². The smallest absolute Gasteiger partial charge is 0.189 e. The second-order valence-electron chi connectivity index (χ2n) is 6.29. The van der Waals surface area contributed by atoms with Gasteiger partial charge < -0.3 is 18.9 Å². The molecule has 4 heteroatoms. The molecule has 1 aliphatic heterocycles. The Hall–Kier alpha value is -1.52. The summed E-state index contributed by atoms with van der Waals surface area (Å²) in [4.78, 5) is 0. The Morgan fingerprint density at radius 2 is 1.91 bits per heavy atom. The summed E-state index contributed by atoms with van der Waals surface area (Å²) in [5, 5.41) is 0. The first-order chi connectivity index (χ1) is 10.9. The van der Waals surface area contributed by atoms with Gasteiger partial charge in [-0.3, -0.25) is 0 Å². The number of hydrogen-bond acceptors (Lipinski definition) is 4. The Labute approximate surface area is 139 Å². The van der Waals surface area contributed by atoms with Gasteiger partial charge in [-0.25, -0.2) is 0 Å². The van der Waals surface area contributed by atoms with Gasteiger partial charge in [-0.1, -0.05) is 6.58 Å². The van der Waals surface area contributed by atoms with Crippen molar-refractivity contribution >= 4 is 0 Å². The van der Waals surface area contributed by atoms with Gasteiger partial charge in [0.2, 0.25) is 0 Å². The molecule has 0 saturated heterocycles. The van der Waals surface area contributed by atoms with Crippen molar-refractivity contribution in [1.29, 1.82) is 0 Å². The Morgan fingerprint density at radius 3 is 2.57 bits per heavy atom. The van der Waals surface area contributed by atoms with E-state index in [9.17, 15) is 0 Å². The van der Waals surface area contributed by atoms with Crippen LogP contribution in [0.1, 0.15) is 35.6 Å². The lowest BCUT2D eigenvalue weighted by Gasteiger charge is -2.36. The van der Waals surface area contributed by atoms with Crippen LogP contribution in [0.3, 0.4) is 0 Å². The van der Waals surface area contributed by atoms with Gasteiger partial charge in [-0.05, 0) is 63.3 Å². The highest BCUT2D eigenvalue weighted by molar-refractivity contribution is 5.59. The molecule has 0 amide bonds. The van der Waals surface area contributed by atoms with Crippen LogP contribution in [0.2, 0.25) is 0 Å². The van der Waals surface area contributed by atoms with Crippen molar-refractivity contribution in [2.75, 3.05) is 27.1 Å². The number of rotatable bonds is 7. The van der Waals surface area contributed by atoms with Crippen LogP contribution in [-0.2, 0) is 15.9 Å². The second kappa shape index (κ2) is 7.37. The third-order valence-corrected chi connectivity index (χ3v) is 4.67. The fourth-order valence-electron chi connectivity index (χ4n) is 2.91. The molecule has 1 aromatic carbocycles. The van der Waals surface area contributed by atoms with Crippen molar-refractivity contribution in [1.82, 2.24) is 0 Å². The zero-order chi connectivity index (χ0) is 17.0. The highest BCUT2D eigenvalue weighted by Gasteiger charge is 2.32. The van der Waals surface area contributed by atoms with Crippen LogP contribution in [0.4, 0.5) is 0 Å². The van der Waals surface area contributed by atoms with E-state index in [0.717, 1.165) is 41.0 Å². The van der Waals surface area contributed by atoms with Gasteiger partial charge in [0, 0.05) is 12.7 Å². The first-order valence-electron chi connectivity index (χ1n) is 8.08. The third-order valence-electron chi connectivity index (χ3n) is 4.67. The van der Waals surface area contributed by atoms with Gasteiger partial charge in [0.15, 0.2) is 6.79 Å². The molecule has 1 heterocycles. The molecular weight excluding hydrogens is 292 g/mol. The molecule has 23 heavy (non-hydrogen) atoms. The molecule has 0 aliphatic carbocycles. The molecule has 0 fully saturated rings. The van der Waals surface area contributed by atoms with Crippen LogP contribution >= 0.6 is 0 Å². The first kappa shape index (κ1) is 17.8. The molecule has 0 saturated carbocycles. The molecule has 0 aromatic heterocycles. The van der Waals surface area contributed by atoms with Crippen LogP contribution in [-0.4, -0.2) is 32.7 Å². The maximum Gasteiger partial charge on any atom is 0.189 e. The number of methoxy groups -OCH3 is 1. The molecule has 0 radical (unpaired) electrons. The molecule has 0 bridgehead atoms. The Kier molecular flexibility index (Phi) is 5.71. The minimum absolute atomic E-state index is 0.231.